The second kappa shape index (κ2) is 10.3. The summed E-state index contributed by atoms with van der Waals surface area (Å²) in [5.41, 5.74) is -2.03. The van der Waals surface area contributed by atoms with E-state index in [9.17, 15) is 19.2 Å². The maximum atomic E-state index is 12.0. The van der Waals surface area contributed by atoms with Crippen molar-refractivity contribution in [3.05, 3.63) is 0 Å². The van der Waals surface area contributed by atoms with Gasteiger partial charge in [0.25, 0.3) is 0 Å². The van der Waals surface area contributed by atoms with E-state index < -0.39 is 22.0 Å². The van der Waals surface area contributed by atoms with Gasteiger partial charge in [-0.25, -0.2) is 9.59 Å². The lowest BCUT2D eigenvalue weighted by Gasteiger charge is -2.42. The average Bonchev–Trinajstić information content (AvgIpc) is 2.60. The third kappa shape index (κ3) is 8.58. The van der Waals surface area contributed by atoms with Gasteiger partial charge >= 0.3 is 12.2 Å². The highest BCUT2D eigenvalue weighted by Crippen LogP contribution is 2.36. The van der Waals surface area contributed by atoms with Gasteiger partial charge in [0.15, 0.2) is 0 Å². The van der Waals surface area contributed by atoms with Gasteiger partial charge in [-0.05, 0) is 41.5 Å². The van der Waals surface area contributed by atoms with E-state index in [1.165, 1.54) is 0 Å². The normalized spacial score (nSPS) is 22.8. The van der Waals surface area contributed by atoms with Crippen molar-refractivity contribution >= 4 is 39.7 Å². The molecule has 2 fully saturated rings. The van der Waals surface area contributed by atoms with Crippen LogP contribution in [0.15, 0.2) is 0 Å². The Morgan fingerprint density at radius 1 is 0.848 bits per heavy atom. The summed E-state index contributed by atoms with van der Waals surface area (Å²) in [5.74, 6) is 0.381. The average molecular weight is 534 g/mol. The zero-order valence-electron chi connectivity index (χ0n) is 21.8. The van der Waals surface area contributed by atoms with E-state index in [1.807, 2.05) is 69.2 Å². The second-order valence-electron chi connectivity index (χ2n) is 11.9. The molecule has 9 heteroatoms. The third-order valence-corrected chi connectivity index (χ3v) is 7.04. The van der Waals surface area contributed by atoms with Crippen LogP contribution in [-0.4, -0.2) is 69.3 Å². The number of carbonyl (C=O) groups excluding carboxylic acids is 4. The molecule has 2 amide bonds. The summed E-state index contributed by atoms with van der Waals surface area (Å²) in [7, 11) is 0. The quantitative estimate of drug-likeness (QED) is 0.315. The lowest BCUT2D eigenvalue weighted by molar-refractivity contribution is -0.132. The summed E-state index contributed by atoms with van der Waals surface area (Å²) in [6.45, 7) is 19.7. The van der Waals surface area contributed by atoms with Crippen LogP contribution >= 0.6 is 15.9 Å². The molecule has 2 rings (SSSR count). The van der Waals surface area contributed by atoms with Crippen molar-refractivity contribution < 1.29 is 28.7 Å². The van der Waals surface area contributed by atoms with Crippen molar-refractivity contribution in [1.29, 1.82) is 0 Å². The van der Waals surface area contributed by atoms with Crippen molar-refractivity contribution in [3.8, 4) is 0 Å². The Morgan fingerprint density at radius 3 is 1.76 bits per heavy atom. The minimum Gasteiger partial charge on any atom is -0.444 e. The van der Waals surface area contributed by atoms with Crippen LogP contribution in [0, 0.1) is 10.8 Å². The molecule has 33 heavy (non-hydrogen) atoms. The Kier molecular flexibility index (Phi) is 9.19. The number of alkyl halides is 1. The van der Waals surface area contributed by atoms with E-state index >= 15 is 0 Å². The van der Waals surface area contributed by atoms with Crippen LogP contribution < -0.4 is 0 Å². The molecule has 8 nitrogen and oxygen atoms in total. The maximum Gasteiger partial charge on any atom is 0.411 e. The van der Waals surface area contributed by atoms with Crippen LogP contribution in [0.1, 0.15) is 82.1 Å². The Morgan fingerprint density at radius 2 is 1.30 bits per heavy atom. The van der Waals surface area contributed by atoms with Crippen LogP contribution in [-0.2, 0) is 19.1 Å². The van der Waals surface area contributed by atoms with Crippen molar-refractivity contribution in [3.63, 3.8) is 0 Å². The molecule has 0 bridgehead atoms. The van der Waals surface area contributed by atoms with Gasteiger partial charge in [-0.15, -0.1) is 0 Å². The van der Waals surface area contributed by atoms with Crippen LogP contribution in [0.25, 0.3) is 0 Å². The Bertz CT molecular complexity index is 764. The number of amides is 2. The number of nitrogens with zero attached hydrogens (tertiary/aromatic N) is 2. The number of ether oxygens (including phenoxy) is 2. The van der Waals surface area contributed by atoms with Crippen LogP contribution in [0.4, 0.5) is 9.59 Å². The Balaban J connectivity index is 0.000000331. The predicted octanol–water partition coefficient (Wildman–Crippen LogP) is 5.17. The van der Waals surface area contributed by atoms with Gasteiger partial charge in [-0.1, -0.05) is 43.6 Å². The monoisotopic (exact) mass is 532 g/mol. The molecule has 2 aliphatic heterocycles. The highest BCUT2D eigenvalue weighted by molar-refractivity contribution is 9.09. The minimum atomic E-state index is -0.574. The zero-order chi connectivity index (χ0) is 26.0. The number of halogens is 1. The van der Waals surface area contributed by atoms with Crippen molar-refractivity contribution in [2.75, 3.05) is 19.6 Å². The van der Waals surface area contributed by atoms with E-state index in [0.717, 1.165) is 0 Å². The number of ketones is 2. The van der Waals surface area contributed by atoms with Crippen molar-refractivity contribution in [2.45, 2.75) is 98.2 Å². The summed E-state index contributed by atoms with van der Waals surface area (Å²) < 4.78 is 10.6. The van der Waals surface area contributed by atoms with Gasteiger partial charge in [0.05, 0.1) is 5.41 Å². The molecule has 0 saturated carbocycles. The van der Waals surface area contributed by atoms with Crippen molar-refractivity contribution in [2.24, 2.45) is 10.8 Å². The molecule has 2 heterocycles. The van der Waals surface area contributed by atoms with E-state index in [4.69, 9.17) is 9.47 Å². The van der Waals surface area contributed by atoms with E-state index in [1.54, 1.807) is 9.80 Å². The zero-order valence-corrected chi connectivity index (χ0v) is 23.4. The molecule has 0 N–H and O–H groups in total. The van der Waals surface area contributed by atoms with Crippen LogP contribution in [0.5, 0.6) is 0 Å². The van der Waals surface area contributed by atoms with Crippen LogP contribution in [0.3, 0.4) is 0 Å². The summed E-state index contributed by atoms with van der Waals surface area (Å²) in [6.07, 6.45) is 0.105. The molecule has 190 valence electrons. The van der Waals surface area contributed by atoms with E-state index in [0.29, 0.717) is 32.5 Å². The number of hydrogen-bond donors (Lipinski definition) is 0. The number of likely N-dealkylation sites (tertiary alicyclic amines) is 2. The Labute approximate surface area is 206 Å². The smallest absolute Gasteiger partial charge is 0.411 e. The first-order chi connectivity index (χ1) is 14.7. The predicted molar refractivity (Wildman–Crippen MR) is 130 cm³/mol. The fourth-order valence-electron chi connectivity index (χ4n) is 3.39. The number of hydrogen-bond acceptors (Lipinski definition) is 6. The van der Waals surface area contributed by atoms with Gasteiger partial charge in [0, 0.05) is 37.9 Å². The van der Waals surface area contributed by atoms with E-state index in [2.05, 4.69) is 15.9 Å². The van der Waals surface area contributed by atoms with Gasteiger partial charge in [0.2, 0.25) is 0 Å². The number of piperidine rings is 2. The Hall–Kier alpha value is -1.64. The topological polar surface area (TPSA) is 93.2 Å². The third-order valence-electron chi connectivity index (χ3n) is 5.40. The first kappa shape index (κ1) is 29.4. The van der Waals surface area contributed by atoms with E-state index in [-0.39, 0.29) is 28.7 Å². The molecule has 2 saturated heterocycles. The number of Topliss-reactive ketones (excluding diaryl/α,β-unsaturated/α-hetero) is 2. The van der Waals surface area contributed by atoms with Crippen LogP contribution in [0.2, 0.25) is 0 Å². The molecule has 0 spiro atoms. The number of carbonyl (C=O) groups is 4. The maximum absolute atomic E-state index is 12.0. The molecule has 1 unspecified atom stereocenters. The summed E-state index contributed by atoms with van der Waals surface area (Å²) in [6, 6.07) is 0. The number of rotatable bonds is 0. The molecule has 1 atom stereocenters. The molecule has 0 aromatic rings. The highest BCUT2D eigenvalue weighted by atomic mass is 79.9. The minimum absolute atomic E-state index is 0.166. The van der Waals surface area contributed by atoms with Gasteiger partial charge < -0.3 is 14.4 Å². The fraction of sp³-hybridized carbons (Fsp3) is 0.833. The SMILES string of the molecule is CC(C)(C)OC(=O)N1CCC(=O)C(C)(C)C1.CC(C)(C)OC(=O)N1CCC(=O)C(C)(C)C1Br. The summed E-state index contributed by atoms with van der Waals surface area (Å²) in [4.78, 5) is 50.0. The standard InChI is InChI=1S/C12H20BrNO3.C12H21NO3/c1-11(2,3)17-10(16)14-7-6-8(15)12(4,5)9(14)13;1-11(2,3)16-10(15)13-7-6-9(14)12(4,5)8-13/h9H,6-7H2,1-5H3;6-8H2,1-5H3. The lowest BCUT2D eigenvalue weighted by atomic mass is 9.83. The highest BCUT2D eigenvalue weighted by Gasteiger charge is 2.45. The first-order valence-corrected chi connectivity index (χ1v) is 12.3. The van der Waals surface area contributed by atoms with Gasteiger partial charge in [0.1, 0.15) is 27.7 Å². The second-order valence-corrected chi connectivity index (χ2v) is 12.7. The molecule has 2 aliphatic rings. The lowest BCUT2D eigenvalue weighted by Crippen LogP contribution is -2.54. The molecule has 0 aromatic carbocycles. The molecular formula is C24H41BrN2O6. The van der Waals surface area contributed by atoms with Gasteiger partial charge in [-0.2, -0.15) is 0 Å². The fourth-order valence-corrected chi connectivity index (χ4v) is 4.01. The first-order valence-electron chi connectivity index (χ1n) is 11.4. The molecule has 0 radical (unpaired) electrons. The largest absolute Gasteiger partial charge is 0.444 e. The summed E-state index contributed by atoms with van der Waals surface area (Å²) in [5, 5.41) is 0. The van der Waals surface area contributed by atoms with Crippen molar-refractivity contribution in [1.82, 2.24) is 9.80 Å². The molecular weight excluding hydrogens is 492 g/mol. The summed E-state index contributed by atoms with van der Waals surface area (Å²) >= 11 is 3.43. The van der Waals surface area contributed by atoms with Gasteiger partial charge in [-0.3, -0.25) is 14.5 Å². The molecule has 0 aromatic heterocycles. The molecule has 0 aliphatic carbocycles.